The van der Waals surface area contributed by atoms with Gasteiger partial charge in [0, 0.05) is 6.92 Å². The van der Waals surface area contributed by atoms with Crippen molar-refractivity contribution in [3.05, 3.63) is 59.9 Å². The summed E-state index contributed by atoms with van der Waals surface area (Å²) in [6.45, 7) is 0.280. The summed E-state index contributed by atoms with van der Waals surface area (Å²) in [5.41, 5.74) is 1.22. The number of aliphatic hydroxyl groups excluding tert-OH is 4. The highest BCUT2D eigenvalue weighted by Gasteiger charge is 2.57. The number of fused-ring (bicyclic) bond motifs is 1. The molecule has 1 fully saturated rings. The summed E-state index contributed by atoms with van der Waals surface area (Å²) >= 11 is 0. The predicted molar refractivity (Wildman–Crippen MR) is 146 cm³/mol. The van der Waals surface area contributed by atoms with Gasteiger partial charge >= 0.3 is 11.8 Å². The molecular weight excluding hydrogens is 604 g/mol. The van der Waals surface area contributed by atoms with E-state index in [-0.39, 0.29) is 12.2 Å². The first-order chi connectivity index (χ1) is 21.4. The van der Waals surface area contributed by atoms with Crippen LogP contribution in [0.25, 0.3) is 16.7 Å². The Hall–Kier alpha value is -4.62. The second kappa shape index (κ2) is 12.8. The largest absolute Gasteiger partial charge is 0.476 e. The predicted octanol–water partition coefficient (Wildman–Crippen LogP) is -0.474. The van der Waals surface area contributed by atoms with Crippen LogP contribution >= 0.6 is 0 Å². The van der Waals surface area contributed by atoms with Gasteiger partial charge < -0.3 is 40.3 Å². The van der Waals surface area contributed by atoms with Crippen LogP contribution in [0.5, 0.6) is 5.75 Å². The number of carbonyl (C=O) groups excluding carboxylic acids is 1. The number of aliphatic hydroxyl groups is 4. The molecule has 2 aromatic carbocycles. The molecule has 16 nitrogen and oxygen atoms in total. The Balaban J connectivity index is 1.43. The standard InChI is InChI=1S/C27H29F2N7O9/c1-13(38)30-22-19(39)9-27(26(42)43,45-24(22)23(41)20(40)12-37)44-21-7-6-15(8-16(21)25(28)29)35-10-14(31-33-35)11-36-18-5-3-2-4-17(18)32-34-36/h2-8,10,19-20,22-25,37,39-41H,9,11-12H2,1H3,(H,30,38)(H,42,43)/t19-,20+,22+,23+,24+,27+/m0/s1. The minimum atomic E-state index is -3.19. The smallest absolute Gasteiger partial charge is 0.377 e. The molecule has 6 N–H and O–H groups in total. The molecule has 1 aliphatic rings. The van der Waals surface area contributed by atoms with Gasteiger partial charge in [0.25, 0.3) is 6.43 Å². The Morgan fingerprint density at radius 3 is 2.62 bits per heavy atom. The number of amides is 1. The summed E-state index contributed by atoms with van der Waals surface area (Å²) in [4.78, 5) is 24.2. The van der Waals surface area contributed by atoms with Gasteiger partial charge in [-0.1, -0.05) is 22.6 Å². The highest BCUT2D eigenvalue weighted by atomic mass is 19.3. The number of alkyl halides is 2. The van der Waals surface area contributed by atoms with Crippen LogP contribution in [0.1, 0.15) is 31.0 Å². The fourth-order valence-corrected chi connectivity index (χ4v) is 5.04. The summed E-state index contributed by atoms with van der Waals surface area (Å²) in [5.74, 6) is -6.04. The zero-order valence-electron chi connectivity index (χ0n) is 23.5. The van der Waals surface area contributed by atoms with Gasteiger partial charge in [-0.15, -0.1) is 10.2 Å². The monoisotopic (exact) mass is 633 g/mol. The van der Waals surface area contributed by atoms with Crippen molar-refractivity contribution in [1.29, 1.82) is 0 Å². The fourth-order valence-electron chi connectivity index (χ4n) is 5.04. The molecule has 45 heavy (non-hydrogen) atoms. The summed E-state index contributed by atoms with van der Waals surface area (Å²) < 4.78 is 42.5. The van der Waals surface area contributed by atoms with E-state index in [1.807, 2.05) is 18.2 Å². The lowest BCUT2D eigenvalue weighted by Crippen LogP contribution is -2.68. The Morgan fingerprint density at radius 2 is 1.93 bits per heavy atom. The zero-order chi connectivity index (χ0) is 32.5. The van der Waals surface area contributed by atoms with E-state index in [1.54, 1.807) is 10.7 Å². The second-order valence-electron chi connectivity index (χ2n) is 10.4. The van der Waals surface area contributed by atoms with Crippen LogP contribution in [0.15, 0.2) is 48.7 Å². The topological polar surface area (TPSA) is 227 Å². The van der Waals surface area contributed by atoms with Crippen LogP contribution in [0.3, 0.4) is 0 Å². The molecule has 1 amide bonds. The number of benzene rings is 2. The number of para-hydroxylation sites is 1. The van der Waals surface area contributed by atoms with E-state index in [0.717, 1.165) is 24.6 Å². The normalized spacial score (nSPS) is 23.2. The maximum atomic E-state index is 14.3. The zero-order valence-corrected chi connectivity index (χ0v) is 23.5. The average Bonchev–Trinajstić information content (AvgIpc) is 3.65. The van der Waals surface area contributed by atoms with Gasteiger partial charge in [-0.05, 0) is 30.3 Å². The Kier molecular flexibility index (Phi) is 9.03. The van der Waals surface area contributed by atoms with Gasteiger partial charge in [-0.25, -0.2) is 22.9 Å². The number of nitrogens with zero attached hydrogens (tertiary/aromatic N) is 6. The summed E-state index contributed by atoms with van der Waals surface area (Å²) in [6, 6.07) is 9.16. The highest BCUT2D eigenvalue weighted by Crippen LogP contribution is 2.39. The van der Waals surface area contributed by atoms with Crippen LogP contribution in [-0.4, -0.2) is 110 Å². The van der Waals surface area contributed by atoms with Gasteiger partial charge in [-0.2, -0.15) is 0 Å². The quantitative estimate of drug-likeness (QED) is 0.123. The van der Waals surface area contributed by atoms with Crippen molar-refractivity contribution in [2.45, 2.75) is 62.6 Å². The molecule has 18 heteroatoms. The van der Waals surface area contributed by atoms with Crippen LogP contribution in [0.2, 0.25) is 0 Å². The number of halogens is 2. The van der Waals surface area contributed by atoms with E-state index in [1.165, 1.54) is 16.9 Å². The van der Waals surface area contributed by atoms with Gasteiger partial charge in [0.2, 0.25) is 5.91 Å². The minimum absolute atomic E-state index is 0.124. The molecule has 5 rings (SSSR count). The van der Waals surface area contributed by atoms with Crippen LogP contribution in [-0.2, 0) is 20.9 Å². The van der Waals surface area contributed by atoms with Gasteiger partial charge in [0.05, 0.1) is 54.7 Å². The first kappa shape index (κ1) is 31.8. The number of rotatable bonds is 11. The number of hydrogen-bond acceptors (Lipinski definition) is 12. The number of carboxylic acids is 1. The maximum absolute atomic E-state index is 14.3. The number of carboxylic acid groups (broad SMARTS) is 1. The molecule has 4 aromatic rings. The molecule has 2 aromatic heterocycles. The van der Waals surface area contributed by atoms with Crippen LogP contribution in [0.4, 0.5) is 8.78 Å². The van der Waals surface area contributed by atoms with Crippen LogP contribution in [0, 0.1) is 0 Å². The molecule has 6 atom stereocenters. The van der Waals surface area contributed by atoms with E-state index < -0.39 is 78.9 Å². The van der Waals surface area contributed by atoms with E-state index in [2.05, 4.69) is 25.9 Å². The second-order valence-corrected chi connectivity index (χ2v) is 10.4. The van der Waals surface area contributed by atoms with Gasteiger partial charge in [0.1, 0.15) is 35.3 Å². The molecule has 240 valence electrons. The molecule has 0 saturated carbocycles. The third-order valence-electron chi connectivity index (χ3n) is 7.23. The first-order valence-corrected chi connectivity index (χ1v) is 13.6. The highest BCUT2D eigenvalue weighted by molar-refractivity contribution is 5.77. The molecule has 3 heterocycles. The average molecular weight is 634 g/mol. The summed E-state index contributed by atoms with van der Waals surface area (Å²) in [7, 11) is 0. The van der Waals surface area contributed by atoms with Crippen molar-refractivity contribution in [3.8, 4) is 11.4 Å². The number of aromatic nitrogens is 6. The SMILES string of the molecule is CC(=O)N[C@H]1[C@H]([C@H](O)[C@H](O)CO)O[C@@](Oc2ccc(-n3cc(Cn4nnc5ccccc54)nn3)cc2C(F)F)(C(=O)O)C[C@@H]1O. The van der Waals surface area contributed by atoms with E-state index >= 15 is 0 Å². The molecular formula is C27H29F2N7O9. The molecule has 1 saturated heterocycles. The van der Waals surface area contributed by atoms with Crippen molar-refractivity contribution >= 4 is 22.9 Å². The minimum Gasteiger partial charge on any atom is -0.476 e. The van der Waals surface area contributed by atoms with Crippen molar-refractivity contribution in [2.24, 2.45) is 0 Å². The van der Waals surface area contributed by atoms with Crippen molar-refractivity contribution in [1.82, 2.24) is 35.3 Å². The number of hydrogen-bond donors (Lipinski definition) is 6. The van der Waals surface area contributed by atoms with E-state index in [0.29, 0.717) is 11.2 Å². The van der Waals surface area contributed by atoms with Crippen molar-refractivity contribution < 1.29 is 53.4 Å². The lowest BCUT2D eigenvalue weighted by molar-refractivity contribution is -0.284. The van der Waals surface area contributed by atoms with Crippen molar-refractivity contribution in [3.63, 3.8) is 0 Å². The third kappa shape index (κ3) is 6.45. The third-order valence-corrected chi connectivity index (χ3v) is 7.23. The Labute approximate surface area is 252 Å². The maximum Gasteiger partial charge on any atom is 0.377 e. The van der Waals surface area contributed by atoms with Crippen molar-refractivity contribution in [2.75, 3.05) is 6.61 Å². The number of aliphatic carboxylic acids is 1. The lowest BCUT2D eigenvalue weighted by Gasteiger charge is -2.46. The number of ether oxygens (including phenoxy) is 2. The lowest BCUT2D eigenvalue weighted by atomic mass is 9.88. The molecule has 1 aliphatic heterocycles. The Bertz CT molecular complexity index is 1690. The number of carbonyl (C=O) groups is 2. The molecule has 0 aliphatic carbocycles. The molecule has 0 radical (unpaired) electrons. The van der Waals surface area contributed by atoms with E-state index in [4.69, 9.17) is 9.47 Å². The summed E-state index contributed by atoms with van der Waals surface area (Å²) in [6.07, 6.45) is -10.1. The molecule has 0 unspecified atom stereocenters. The number of nitrogens with one attached hydrogen (secondary N) is 1. The molecule has 0 bridgehead atoms. The fraction of sp³-hybridized carbons (Fsp3) is 0.407. The Morgan fingerprint density at radius 1 is 1.18 bits per heavy atom. The van der Waals surface area contributed by atoms with Crippen LogP contribution < -0.4 is 10.1 Å². The van der Waals surface area contributed by atoms with Gasteiger partial charge in [-0.3, -0.25) is 4.79 Å². The van der Waals surface area contributed by atoms with E-state index in [9.17, 15) is 43.9 Å². The first-order valence-electron chi connectivity index (χ1n) is 13.6. The summed E-state index contributed by atoms with van der Waals surface area (Å²) in [5, 5.41) is 69.3. The van der Waals surface area contributed by atoms with Gasteiger partial charge in [0.15, 0.2) is 0 Å². The molecule has 0 spiro atoms.